The lowest BCUT2D eigenvalue weighted by molar-refractivity contribution is -0.384. The van der Waals surface area contributed by atoms with Crippen molar-refractivity contribution in [3.05, 3.63) is 28.3 Å². The Hall–Kier alpha value is -1.30. The lowest BCUT2D eigenvalue weighted by atomic mass is 10.2. The van der Waals surface area contributed by atoms with Gasteiger partial charge in [0.2, 0.25) is 0 Å². The van der Waals surface area contributed by atoms with Gasteiger partial charge in [-0.3, -0.25) is 10.1 Å². The smallest absolute Gasteiger partial charge is 0.295 e. The van der Waals surface area contributed by atoms with Crippen LogP contribution in [0.5, 0.6) is 5.75 Å². The highest BCUT2D eigenvalue weighted by Crippen LogP contribution is 2.26. The van der Waals surface area contributed by atoms with Crippen LogP contribution in [0.2, 0.25) is 0 Å². The summed E-state index contributed by atoms with van der Waals surface area (Å²) in [5, 5.41) is 11.2. The molecule has 1 aromatic rings. The summed E-state index contributed by atoms with van der Waals surface area (Å²) in [7, 11) is 0. The molecule has 0 saturated carbocycles. The van der Waals surface area contributed by atoms with Gasteiger partial charge in [-0.2, -0.15) is 0 Å². The van der Waals surface area contributed by atoms with Gasteiger partial charge in [-0.05, 0) is 12.1 Å². The van der Waals surface area contributed by atoms with Crippen molar-refractivity contribution >= 4 is 27.3 Å². The predicted molar refractivity (Wildman–Crippen MR) is 56.8 cm³/mol. The Morgan fingerprint density at radius 1 is 1.57 bits per heavy atom. The lowest BCUT2D eigenvalue weighted by Gasteiger charge is -2.04. The summed E-state index contributed by atoms with van der Waals surface area (Å²) in [5.41, 5.74) is 5.42. The van der Waals surface area contributed by atoms with Crippen molar-refractivity contribution in [2.45, 2.75) is 0 Å². The summed E-state index contributed by atoms with van der Waals surface area (Å²) in [6.45, 7) is 0.459. The SMILES string of the molecule is Nc1ccc(OCCBr)cc1[N+](=O)[O-]. The molecule has 1 aromatic carbocycles. The molecule has 0 fully saturated rings. The zero-order valence-corrected chi connectivity index (χ0v) is 8.86. The number of nitrogens with zero attached hydrogens (tertiary/aromatic N) is 1. The molecule has 0 heterocycles. The molecule has 0 amide bonds. The van der Waals surface area contributed by atoms with Crippen molar-refractivity contribution in [2.75, 3.05) is 17.7 Å². The first-order valence-electron chi connectivity index (χ1n) is 3.88. The van der Waals surface area contributed by atoms with Crippen molar-refractivity contribution < 1.29 is 9.66 Å². The summed E-state index contributed by atoms with van der Waals surface area (Å²) < 4.78 is 5.19. The van der Waals surface area contributed by atoms with Gasteiger partial charge in [-0.1, -0.05) is 15.9 Å². The Morgan fingerprint density at radius 3 is 2.86 bits per heavy atom. The molecule has 0 aliphatic carbocycles. The fourth-order valence-corrected chi connectivity index (χ4v) is 1.09. The van der Waals surface area contributed by atoms with Crippen molar-refractivity contribution in [1.29, 1.82) is 0 Å². The van der Waals surface area contributed by atoms with Crippen LogP contribution in [0.4, 0.5) is 11.4 Å². The molecule has 0 aliphatic rings. The molecular formula is C8H9BrN2O3. The maximum atomic E-state index is 10.5. The quantitative estimate of drug-likeness (QED) is 0.389. The lowest BCUT2D eigenvalue weighted by Crippen LogP contribution is -2.00. The highest BCUT2D eigenvalue weighted by Gasteiger charge is 2.12. The predicted octanol–water partition coefficient (Wildman–Crippen LogP) is 1.95. The number of rotatable bonds is 4. The molecule has 0 unspecified atom stereocenters. The van der Waals surface area contributed by atoms with E-state index < -0.39 is 4.92 Å². The van der Waals surface area contributed by atoms with Gasteiger partial charge in [0.05, 0.1) is 17.6 Å². The molecule has 5 nitrogen and oxygen atoms in total. The van der Waals surface area contributed by atoms with Gasteiger partial charge in [0.1, 0.15) is 11.4 Å². The van der Waals surface area contributed by atoms with Crippen LogP contribution in [-0.4, -0.2) is 16.9 Å². The molecule has 0 aromatic heterocycles. The third-order valence-electron chi connectivity index (χ3n) is 1.54. The van der Waals surface area contributed by atoms with Crippen molar-refractivity contribution in [3.63, 3.8) is 0 Å². The zero-order valence-electron chi connectivity index (χ0n) is 7.27. The van der Waals surface area contributed by atoms with Gasteiger partial charge in [-0.15, -0.1) is 0 Å². The van der Waals surface area contributed by atoms with E-state index in [9.17, 15) is 10.1 Å². The van der Waals surface area contributed by atoms with E-state index in [1.807, 2.05) is 0 Å². The number of nitro groups is 1. The third kappa shape index (κ3) is 2.59. The number of benzene rings is 1. The highest BCUT2D eigenvalue weighted by atomic mass is 79.9. The molecule has 0 atom stereocenters. The van der Waals surface area contributed by atoms with Gasteiger partial charge in [0, 0.05) is 5.33 Å². The maximum absolute atomic E-state index is 10.5. The second-order valence-electron chi connectivity index (χ2n) is 2.52. The topological polar surface area (TPSA) is 78.4 Å². The minimum Gasteiger partial charge on any atom is -0.492 e. The van der Waals surface area contributed by atoms with E-state index in [1.165, 1.54) is 12.1 Å². The molecule has 76 valence electrons. The number of hydrogen-bond acceptors (Lipinski definition) is 4. The van der Waals surface area contributed by atoms with Crippen molar-refractivity contribution in [2.24, 2.45) is 0 Å². The summed E-state index contributed by atoms with van der Waals surface area (Å²) in [6, 6.07) is 4.38. The summed E-state index contributed by atoms with van der Waals surface area (Å²) in [6.07, 6.45) is 0. The van der Waals surface area contributed by atoms with Crippen LogP contribution in [-0.2, 0) is 0 Å². The van der Waals surface area contributed by atoms with Gasteiger partial charge < -0.3 is 10.5 Å². The van der Waals surface area contributed by atoms with Crippen LogP contribution in [0.15, 0.2) is 18.2 Å². The molecule has 1 rings (SSSR count). The minimum atomic E-state index is -0.531. The van der Waals surface area contributed by atoms with Gasteiger partial charge >= 0.3 is 0 Å². The van der Waals surface area contributed by atoms with Crippen LogP contribution in [0.25, 0.3) is 0 Å². The van der Waals surface area contributed by atoms with E-state index in [0.29, 0.717) is 17.7 Å². The normalized spacial score (nSPS) is 9.79. The van der Waals surface area contributed by atoms with Crippen LogP contribution in [0.3, 0.4) is 0 Å². The van der Waals surface area contributed by atoms with Crippen LogP contribution < -0.4 is 10.5 Å². The molecule has 14 heavy (non-hydrogen) atoms. The summed E-state index contributed by atoms with van der Waals surface area (Å²) in [5.74, 6) is 0.449. The first kappa shape index (κ1) is 10.8. The van der Waals surface area contributed by atoms with E-state index in [1.54, 1.807) is 6.07 Å². The molecule has 0 bridgehead atoms. The average molecular weight is 261 g/mol. The molecule has 0 spiro atoms. The van der Waals surface area contributed by atoms with Gasteiger partial charge in [0.15, 0.2) is 0 Å². The number of halogens is 1. The summed E-state index contributed by atoms with van der Waals surface area (Å²) in [4.78, 5) is 9.98. The molecular weight excluding hydrogens is 252 g/mol. The molecule has 0 aliphatic heterocycles. The van der Waals surface area contributed by atoms with Crippen LogP contribution in [0.1, 0.15) is 0 Å². The fraction of sp³-hybridized carbons (Fsp3) is 0.250. The molecule has 0 saturated heterocycles. The van der Waals surface area contributed by atoms with Crippen molar-refractivity contribution in [3.8, 4) is 5.75 Å². The molecule has 2 N–H and O–H groups in total. The fourth-order valence-electron chi connectivity index (χ4n) is 0.928. The number of nitro benzene ring substituents is 1. The maximum Gasteiger partial charge on any atom is 0.295 e. The van der Waals surface area contributed by atoms with E-state index >= 15 is 0 Å². The number of nitrogens with two attached hydrogens (primary N) is 1. The Labute approximate surface area is 89.1 Å². The Kier molecular flexibility index (Phi) is 3.70. The number of alkyl halides is 1. The van der Waals surface area contributed by atoms with E-state index in [0.717, 1.165) is 0 Å². The first-order chi connectivity index (χ1) is 6.65. The average Bonchev–Trinajstić information content (AvgIpc) is 2.16. The van der Waals surface area contributed by atoms with E-state index in [2.05, 4.69) is 15.9 Å². The highest BCUT2D eigenvalue weighted by molar-refractivity contribution is 9.09. The number of ether oxygens (including phenoxy) is 1. The third-order valence-corrected chi connectivity index (χ3v) is 1.87. The molecule has 0 radical (unpaired) electrons. The van der Waals surface area contributed by atoms with Crippen LogP contribution >= 0.6 is 15.9 Å². The van der Waals surface area contributed by atoms with Gasteiger partial charge in [0.25, 0.3) is 5.69 Å². The minimum absolute atomic E-state index is 0.128. The largest absolute Gasteiger partial charge is 0.492 e. The Balaban J connectivity index is 2.89. The van der Waals surface area contributed by atoms with Crippen molar-refractivity contribution in [1.82, 2.24) is 0 Å². The first-order valence-corrected chi connectivity index (χ1v) is 5.00. The second-order valence-corrected chi connectivity index (χ2v) is 3.31. The standard InChI is InChI=1S/C8H9BrN2O3/c9-3-4-14-6-1-2-7(10)8(5-6)11(12)13/h1-2,5H,3-4,10H2. The number of anilines is 1. The number of hydrogen-bond donors (Lipinski definition) is 1. The van der Waals surface area contributed by atoms with Crippen LogP contribution in [0, 0.1) is 10.1 Å². The monoisotopic (exact) mass is 260 g/mol. The van der Waals surface area contributed by atoms with E-state index in [-0.39, 0.29) is 11.4 Å². The zero-order chi connectivity index (χ0) is 10.6. The Bertz CT molecular complexity index is 343. The molecule has 6 heteroatoms. The van der Waals surface area contributed by atoms with E-state index in [4.69, 9.17) is 10.5 Å². The second kappa shape index (κ2) is 4.80. The van der Waals surface area contributed by atoms with Gasteiger partial charge in [-0.25, -0.2) is 0 Å². The summed E-state index contributed by atoms with van der Waals surface area (Å²) >= 11 is 3.19. The number of nitrogen functional groups attached to an aromatic ring is 1. The Morgan fingerprint density at radius 2 is 2.29 bits per heavy atom.